The van der Waals surface area contributed by atoms with Crippen LogP contribution in [0.2, 0.25) is 0 Å². The summed E-state index contributed by atoms with van der Waals surface area (Å²) < 4.78 is 54.1. The Morgan fingerprint density at radius 1 is 0.950 bits per heavy atom. The Morgan fingerprint density at radius 3 is 2.20 bits per heavy atom. The molecule has 6 nitrogen and oxygen atoms in total. The van der Waals surface area contributed by atoms with E-state index < -0.39 is 47.6 Å². The first kappa shape index (κ1) is 14.6. The summed E-state index contributed by atoms with van der Waals surface area (Å²) in [5.41, 5.74) is 0. The minimum Gasteiger partial charge on any atom is -0.348 e. The molecule has 0 N–H and O–H groups in total. The Hall–Kier alpha value is -0.380. The van der Waals surface area contributed by atoms with Gasteiger partial charge >= 0.3 is 0 Å². The summed E-state index contributed by atoms with van der Waals surface area (Å²) in [4.78, 5) is 0. The fourth-order valence-electron chi connectivity index (χ4n) is 2.92. The summed E-state index contributed by atoms with van der Waals surface area (Å²) in [7, 11) is 0. The third-order valence-electron chi connectivity index (χ3n) is 3.67. The number of fused-ring (bicyclic) bond motifs is 1. The molecule has 3 aliphatic heterocycles. The molecule has 0 spiro atoms. The van der Waals surface area contributed by atoms with Gasteiger partial charge in [-0.3, -0.25) is 0 Å². The molecule has 3 heterocycles. The third-order valence-corrected chi connectivity index (χ3v) is 3.67. The molecule has 116 valence electrons. The zero-order valence-corrected chi connectivity index (χ0v) is 11.8. The van der Waals surface area contributed by atoms with E-state index in [1.165, 1.54) is 0 Å². The largest absolute Gasteiger partial charge is 0.348 e. The molecule has 0 radical (unpaired) electrons. The van der Waals surface area contributed by atoms with Crippen LogP contribution in [0.4, 0.5) is 8.96 Å². The van der Waals surface area contributed by atoms with Crippen LogP contribution in [-0.4, -0.2) is 54.2 Å². The summed E-state index contributed by atoms with van der Waals surface area (Å²) in [6.07, 6.45) is -3.11. The van der Waals surface area contributed by atoms with Crippen LogP contribution in [-0.2, 0) is 23.7 Å². The first-order valence-corrected chi connectivity index (χ1v) is 6.62. The van der Waals surface area contributed by atoms with Gasteiger partial charge in [-0.05, 0) is 27.7 Å². The molecular formula is C12H19F2NO5. The fraction of sp³-hybridized carbons (Fsp3) is 1.00. The molecule has 0 amide bonds. The van der Waals surface area contributed by atoms with Gasteiger partial charge in [-0.15, -0.1) is 8.96 Å². The molecule has 5 atom stereocenters. The van der Waals surface area contributed by atoms with Crippen molar-refractivity contribution in [3.63, 3.8) is 0 Å². The molecule has 0 aliphatic carbocycles. The molecular weight excluding hydrogens is 276 g/mol. The summed E-state index contributed by atoms with van der Waals surface area (Å²) in [5.74, 6) is -1.73. The van der Waals surface area contributed by atoms with E-state index in [0.29, 0.717) is 0 Å². The lowest BCUT2D eigenvalue weighted by molar-refractivity contribution is -0.263. The Labute approximate surface area is 115 Å². The number of hydrogen-bond donors (Lipinski definition) is 0. The summed E-state index contributed by atoms with van der Waals surface area (Å²) >= 11 is 0. The maximum atomic E-state index is 13.2. The summed E-state index contributed by atoms with van der Waals surface area (Å²) in [6.45, 7) is 7.00. The molecule has 3 rings (SSSR count). The number of nitrogens with zero attached hydrogens (tertiary/aromatic N) is 1. The van der Waals surface area contributed by atoms with Gasteiger partial charge in [0.05, 0.1) is 6.61 Å². The van der Waals surface area contributed by atoms with Gasteiger partial charge in [0, 0.05) is 5.34 Å². The van der Waals surface area contributed by atoms with E-state index in [0.717, 1.165) is 0 Å². The zero-order chi connectivity index (χ0) is 14.7. The van der Waals surface area contributed by atoms with Crippen molar-refractivity contribution in [3.8, 4) is 0 Å². The molecule has 3 aliphatic rings. The van der Waals surface area contributed by atoms with Gasteiger partial charge in [-0.25, -0.2) is 0 Å². The molecule has 3 fully saturated rings. The Morgan fingerprint density at radius 2 is 1.65 bits per heavy atom. The third kappa shape index (κ3) is 2.44. The summed E-state index contributed by atoms with van der Waals surface area (Å²) in [5, 5.41) is -0.880. The second kappa shape index (κ2) is 4.56. The normalized spacial score (nSPS) is 46.0. The zero-order valence-electron chi connectivity index (χ0n) is 11.8. The smallest absolute Gasteiger partial charge is 0.189 e. The highest BCUT2D eigenvalue weighted by Gasteiger charge is 2.61. The molecule has 0 aromatic carbocycles. The molecule has 0 aromatic rings. The average Bonchev–Trinajstić information content (AvgIpc) is 2.86. The minimum absolute atomic E-state index is 0.199. The number of halogens is 2. The Balaban J connectivity index is 1.77. The van der Waals surface area contributed by atoms with Crippen molar-refractivity contribution in [1.82, 2.24) is 5.34 Å². The number of hydrogen-bond acceptors (Lipinski definition) is 6. The molecule has 0 bridgehead atoms. The first-order valence-electron chi connectivity index (χ1n) is 6.62. The Kier molecular flexibility index (Phi) is 3.32. The van der Waals surface area contributed by atoms with Gasteiger partial charge in [-0.1, -0.05) is 0 Å². The van der Waals surface area contributed by atoms with E-state index in [1.54, 1.807) is 27.7 Å². The predicted molar refractivity (Wildman–Crippen MR) is 61.4 cm³/mol. The van der Waals surface area contributed by atoms with Crippen LogP contribution in [0.1, 0.15) is 27.7 Å². The second-order valence-corrected chi connectivity index (χ2v) is 6.19. The second-order valence-electron chi connectivity index (χ2n) is 6.19. The number of rotatable bonds is 2. The van der Waals surface area contributed by atoms with E-state index in [1.807, 2.05) is 0 Å². The monoisotopic (exact) mass is 295 g/mol. The van der Waals surface area contributed by atoms with Crippen molar-refractivity contribution in [1.29, 1.82) is 0 Å². The highest BCUT2D eigenvalue weighted by Crippen LogP contribution is 2.42. The van der Waals surface area contributed by atoms with Gasteiger partial charge in [0.2, 0.25) is 0 Å². The molecule has 8 heteroatoms. The van der Waals surface area contributed by atoms with E-state index in [2.05, 4.69) is 0 Å². The van der Waals surface area contributed by atoms with Crippen LogP contribution in [0, 0.1) is 0 Å². The van der Waals surface area contributed by atoms with Crippen LogP contribution in [0.5, 0.6) is 0 Å². The number of ether oxygens (including phenoxy) is 5. The summed E-state index contributed by atoms with van der Waals surface area (Å²) in [6, 6.07) is -1.25. The lowest BCUT2D eigenvalue weighted by Gasteiger charge is -2.28. The van der Waals surface area contributed by atoms with Gasteiger partial charge < -0.3 is 23.7 Å². The topological polar surface area (TPSA) is 49.4 Å². The van der Waals surface area contributed by atoms with E-state index >= 15 is 0 Å². The predicted octanol–water partition coefficient (Wildman–Crippen LogP) is 1.45. The van der Waals surface area contributed by atoms with Crippen molar-refractivity contribution in [2.45, 2.75) is 69.9 Å². The lowest BCUT2D eigenvalue weighted by Crippen LogP contribution is -2.47. The van der Waals surface area contributed by atoms with Gasteiger partial charge in [0.15, 0.2) is 17.9 Å². The standard InChI is InChI=1S/C12H19F2NO5/c1-11(2)16-5-6(18-11)8-7(15(13)14)9-10(17-8)20-12(3,4)19-9/h6-10H,5H2,1-4H3/t6-,7-,8-,9-,10-/m1/s1. The molecule has 20 heavy (non-hydrogen) atoms. The minimum atomic E-state index is -1.25. The van der Waals surface area contributed by atoms with E-state index in [-0.39, 0.29) is 6.61 Å². The van der Waals surface area contributed by atoms with Gasteiger partial charge in [-0.2, -0.15) is 0 Å². The van der Waals surface area contributed by atoms with Gasteiger partial charge in [0.1, 0.15) is 24.4 Å². The van der Waals surface area contributed by atoms with E-state index in [9.17, 15) is 8.96 Å². The SMILES string of the molecule is CC1(C)O[C@H]2O[C@H]([C@H]3COC(C)(C)O3)[C@@H](N(F)F)[C@H]2O1. The van der Waals surface area contributed by atoms with Crippen molar-refractivity contribution in [2.75, 3.05) is 6.61 Å². The van der Waals surface area contributed by atoms with Crippen molar-refractivity contribution >= 4 is 0 Å². The Bertz CT molecular complexity index is 392. The lowest BCUT2D eigenvalue weighted by atomic mass is 10.0. The van der Waals surface area contributed by atoms with Crippen molar-refractivity contribution < 1.29 is 32.6 Å². The van der Waals surface area contributed by atoms with E-state index in [4.69, 9.17) is 23.7 Å². The van der Waals surface area contributed by atoms with Crippen molar-refractivity contribution in [2.24, 2.45) is 0 Å². The highest BCUT2D eigenvalue weighted by molar-refractivity contribution is 5.00. The van der Waals surface area contributed by atoms with Crippen LogP contribution < -0.4 is 0 Å². The highest BCUT2D eigenvalue weighted by atomic mass is 19.4. The van der Waals surface area contributed by atoms with Crippen LogP contribution in [0.15, 0.2) is 0 Å². The molecule has 0 unspecified atom stereocenters. The average molecular weight is 295 g/mol. The van der Waals surface area contributed by atoms with Crippen LogP contribution >= 0.6 is 0 Å². The molecule has 0 aromatic heterocycles. The van der Waals surface area contributed by atoms with Crippen LogP contribution in [0.3, 0.4) is 0 Å². The maximum absolute atomic E-state index is 13.2. The fourth-order valence-corrected chi connectivity index (χ4v) is 2.92. The van der Waals surface area contributed by atoms with Gasteiger partial charge in [0.25, 0.3) is 0 Å². The quantitative estimate of drug-likeness (QED) is 0.719. The van der Waals surface area contributed by atoms with Crippen LogP contribution in [0.25, 0.3) is 0 Å². The molecule has 0 saturated carbocycles. The van der Waals surface area contributed by atoms with Crippen molar-refractivity contribution in [3.05, 3.63) is 0 Å². The maximum Gasteiger partial charge on any atom is 0.189 e. The first-order chi connectivity index (χ1) is 9.19. The molecule has 3 saturated heterocycles.